The first-order chi connectivity index (χ1) is 18.7. The van der Waals surface area contributed by atoms with Gasteiger partial charge in [-0.1, -0.05) is 71.8 Å². The highest BCUT2D eigenvalue weighted by molar-refractivity contribution is 7.92. The maximum absolute atomic E-state index is 13.9. The number of carbonyl (C=O) groups excluding carboxylic acids is 1. The summed E-state index contributed by atoms with van der Waals surface area (Å²) in [5, 5.41) is 3.47. The summed E-state index contributed by atoms with van der Waals surface area (Å²) in [7, 11) is -1.31. The maximum atomic E-state index is 13.9. The predicted octanol–water partition coefficient (Wildman–Crippen LogP) is 5.77. The Bertz CT molecular complexity index is 1530. The van der Waals surface area contributed by atoms with Crippen LogP contribution in [0.5, 0.6) is 11.5 Å². The summed E-state index contributed by atoms with van der Waals surface area (Å²) in [6.45, 7) is 1.52. The molecule has 0 unspecified atom stereocenters. The van der Waals surface area contributed by atoms with Crippen molar-refractivity contribution in [3.05, 3.63) is 119 Å². The number of methoxy groups -OCH3 is 2. The van der Waals surface area contributed by atoms with Crippen molar-refractivity contribution in [2.45, 2.75) is 17.9 Å². The summed E-state index contributed by atoms with van der Waals surface area (Å²) >= 11 is 6.06. The third kappa shape index (κ3) is 6.53. The van der Waals surface area contributed by atoms with Crippen molar-refractivity contribution in [2.24, 2.45) is 0 Å². The zero-order chi connectivity index (χ0) is 28.0. The lowest BCUT2D eigenvalue weighted by Crippen LogP contribution is -2.42. The minimum atomic E-state index is -4.20. The van der Waals surface area contributed by atoms with Gasteiger partial charge in [-0.3, -0.25) is 9.10 Å². The number of ether oxygens (including phenoxy) is 2. The minimum Gasteiger partial charge on any atom is -0.493 e. The van der Waals surface area contributed by atoms with E-state index in [1.165, 1.54) is 32.4 Å². The lowest BCUT2D eigenvalue weighted by molar-refractivity contribution is -0.120. The number of nitrogens with zero attached hydrogens (tertiary/aromatic N) is 1. The molecule has 0 bridgehead atoms. The number of anilines is 1. The van der Waals surface area contributed by atoms with Crippen molar-refractivity contribution in [3.8, 4) is 11.5 Å². The van der Waals surface area contributed by atoms with Crippen molar-refractivity contribution in [2.75, 3.05) is 25.1 Å². The van der Waals surface area contributed by atoms with Crippen molar-refractivity contribution in [3.63, 3.8) is 0 Å². The Balaban J connectivity index is 1.70. The number of benzene rings is 4. The molecular formula is C30H29ClN2O5S. The number of hydrogen-bond acceptors (Lipinski definition) is 5. The molecular weight excluding hydrogens is 536 g/mol. The van der Waals surface area contributed by atoms with Crippen LogP contribution in [0.25, 0.3) is 0 Å². The van der Waals surface area contributed by atoms with Gasteiger partial charge >= 0.3 is 0 Å². The molecule has 0 radical (unpaired) electrons. The van der Waals surface area contributed by atoms with Crippen LogP contribution in [0.4, 0.5) is 5.69 Å². The third-order valence-electron chi connectivity index (χ3n) is 6.19. The van der Waals surface area contributed by atoms with Crippen LogP contribution in [0, 0.1) is 6.92 Å². The average molecular weight is 565 g/mol. The highest BCUT2D eigenvalue weighted by Crippen LogP contribution is 2.32. The van der Waals surface area contributed by atoms with E-state index >= 15 is 0 Å². The second-order valence-electron chi connectivity index (χ2n) is 8.83. The van der Waals surface area contributed by atoms with Gasteiger partial charge in [0.05, 0.1) is 30.8 Å². The van der Waals surface area contributed by atoms with E-state index < -0.39 is 28.5 Å². The Kier molecular flexibility index (Phi) is 8.79. The molecule has 1 N–H and O–H groups in total. The number of sulfonamides is 1. The molecule has 0 spiro atoms. The molecule has 0 saturated carbocycles. The highest BCUT2D eigenvalue weighted by atomic mass is 35.5. The van der Waals surface area contributed by atoms with Gasteiger partial charge in [0.1, 0.15) is 6.54 Å². The van der Waals surface area contributed by atoms with E-state index in [1.54, 1.807) is 24.3 Å². The summed E-state index contributed by atoms with van der Waals surface area (Å²) in [4.78, 5) is 13.5. The van der Waals surface area contributed by atoms with E-state index in [0.29, 0.717) is 10.8 Å². The van der Waals surface area contributed by atoms with Crippen LogP contribution in [-0.4, -0.2) is 35.1 Å². The fourth-order valence-electron chi connectivity index (χ4n) is 4.13. The maximum Gasteiger partial charge on any atom is 0.264 e. The number of halogens is 1. The molecule has 4 rings (SSSR count). The standard InChI is InChI=1S/C30H29ClN2O5S/c1-21-9-11-23(12-10-21)30(22-7-5-4-6-8-22)32-29(34)20-33(25-15-13-24(31)14-16-25)39(35,36)26-17-18-27(37-2)28(19-26)38-3/h4-19,30H,20H2,1-3H3,(H,32,34)/t30-/m1/s1. The molecule has 39 heavy (non-hydrogen) atoms. The van der Waals surface area contributed by atoms with Gasteiger partial charge in [-0.25, -0.2) is 8.42 Å². The van der Waals surface area contributed by atoms with Gasteiger partial charge in [-0.15, -0.1) is 0 Å². The second kappa shape index (κ2) is 12.2. The van der Waals surface area contributed by atoms with Gasteiger partial charge in [-0.2, -0.15) is 0 Å². The minimum absolute atomic E-state index is 0.0546. The van der Waals surface area contributed by atoms with Gasteiger partial charge < -0.3 is 14.8 Å². The fraction of sp³-hybridized carbons (Fsp3) is 0.167. The number of hydrogen-bond donors (Lipinski definition) is 1. The second-order valence-corrected chi connectivity index (χ2v) is 11.1. The molecule has 1 atom stereocenters. The zero-order valence-corrected chi connectivity index (χ0v) is 23.4. The molecule has 202 valence electrons. The molecule has 0 aromatic heterocycles. The number of nitrogens with one attached hydrogen (secondary N) is 1. The molecule has 0 aliphatic rings. The number of rotatable bonds is 10. The van der Waals surface area contributed by atoms with E-state index in [2.05, 4.69) is 5.32 Å². The van der Waals surface area contributed by atoms with Crippen LogP contribution in [-0.2, 0) is 14.8 Å². The molecule has 0 aliphatic carbocycles. The Morgan fingerprint density at radius 2 is 1.46 bits per heavy atom. The molecule has 7 nitrogen and oxygen atoms in total. The molecule has 0 fully saturated rings. The van der Waals surface area contributed by atoms with E-state index in [-0.39, 0.29) is 16.3 Å². The lowest BCUT2D eigenvalue weighted by atomic mass is 9.98. The van der Waals surface area contributed by atoms with E-state index in [0.717, 1.165) is 21.0 Å². The van der Waals surface area contributed by atoms with E-state index in [9.17, 15) is 13.2 Å². The largest absolute Gasteiger partial charge is 0.493 e. The normalized spacial score (nSPS) is 11.9. The van der Waals surface area contributed by atoms with Crippen LogP contribution >= 0.6 is 11.6 Å². The quantitative estimate of drug-likeness (QED) is 0.264. The third-order valence-corrected chi connectivity index (χ3v) is 8.22. The van der Waals surface area contributed by atoms with Crippen molar-refractivity contribution in [1.29, 1.82) is 0 Å². The fourth-order valence-corrected chi connectivity index (χ4v) is 5.69. The Hall–Kier alpha value is -4.01. The van der Waals surface area contributed by atoms with Crippen molar-refractivity contribution >= 4 is 33.2 Å². The van der Waals surface area contributed by atoms with E-state index in [4.69, 9.17) is 21.1 Å². The Morgan fingerprint density at radius 3 is 2.08 bits per heavy atom. The molecule has 0 saturated heterocycles. The smallest absolute Gasteiger partial charge is 0.264 e. The number of carbonyl (C=O) groups is 1. The topological polar surface area (TPSA) is 84.9 Å². The van der Waals surface area contributed by atoms with Gasteiger partial charge in [0, 0.05) is 11.1 Å². The lowest BCUT2D eigenvalue weighted by Gasteiger charge is -2.26. The van der Waals surface area contributed by atoms with Crippen LogP contribution in [0.15, 0.2) is 102 Å². The summed E-state index contributed by atoms with van der Waals surface area (Å²) in [5.74, 6) is 0.155. The molecule has 4 aromatic rings. The van der Waals surface area contributed by atoms with E-state index in [1.807, 2.05) is 61.5 Å². The SMILES string of the molecule is COc1ccc(S(=O)(=O)N(CC(=O)N[C@H](c2ccccc2)c2ccc(C)cc2)c2ccc(Cl)cc2)cc1OC. The van der Waals surface area contributed by atoms with Gasteiger partial charge in [0.2, 0.25) is 5.91 Å². The summed E-state index contributed by atoms with van der Waals surface area (Å²) in [6.07, 6.45) is 0. The van der Waals surface area contributed by atoms with Crippen LogP contribution in [0.2, 0.25) is 5.02 Å². The monoisotopic (exact) mass is 564 g/mol. The Morgan fingerprint density at radius 1 is 0.846 bits per heavy atom. The van der Waals surface area contributed by atoms with Crippen LogP contribution in [0.1, 0.15) is 22.7 Å². The van der Waals surface area contributed by atoms with Crippen molar-refractivity contribution < 1.29 is 22.7 Å². The first-order valence-electron chi connectivity index (χ1n) is 12.1. The Labute approximate surface area is 234 Å². The first kappa shape index (κ1) is 28.0. The molecule has 1 amide bonds. The number of amides is 1. The van der Waals surface area contributed by atoms with Crippen LogP contribution in [0.3, 0.4) is 0 Å². The zero-order valence-electron chi connectivity index (χ0n) is 21.8. The molecule has 0 heterocycles. The van der Waals surface area contributed by atoms with Gasteiger partial charge in [-0.05, 0) is 54.4 Å². The first-order valence-corrected chi connectivity index (χ1v) is 14.0. The highest BCUT2D eigenvalue weighted by Gasteiger charge is 2.29. The van der Waals surface area contributed by atoms with Crippen LogP contribution < -0.4 is 19.1 Å². The van der Waals surface area contributed by atoms with Crippen molar-refractivity contribution in [1.82, 2.24) is 5.32 Å². The molecule has 4 aromatic carbocycles. The average Bonchev–Trinajstić information content (AvgIpc) is 2.95. The molecule has 0 aliphatic heterocycles. The number of aryl methyl sites for hydroxylation is 1. The van der Waals surface area contributed by atoms with Gasteiger partial charge in [0.15, 0.2) is 11.5 Å². The summed E-state index contributed by atoms with van der Waals surface area (Å²) in [6, 6.07) is 27.4. The predicted molar refractivity (Wildman–Crippen MR) is 153 cm³/mol. The summed E-state index contributed by atoms with van der Waals surface area (Å²) < 4.78 is 39.4. The van der Waals surface area contributed by atoms with Gasteiger partial charge in [0.25, 0.3) is 10.0 Å². The molecule has 9 heteroatoms. The summed E-state index contributed by atoms with van der Waals surface area (Å²) in [5.41, 5.74) is 3.12.